The lowest BCUT2D eigenvalue weighted by Gasteiger charge is -2.43. The van der Waals surface area contributed by atoms with Crippen LogP contribution < -0.4 is 0 Å². The standard InChI is InChI=1S/C31H22F2/c32-24-17-13-22(14-18-24)31(21-7-1-2-8-21,23-15-19-25(33)20-16-23)30-28-11-5-3-9-26(28)27-10-4-6-12-29(27)30/h1-7,9-20,30H,8H2. The normalized spacial score (nSPS) is 14.8. The van der Waals surface area contributed by atoms with Gasteiger partial charge in [-0.15, -0.1) is 0 Å². The van der Waals surface area contributed by atoms with Gasteiger partial charge in [-0.2, -0.15) is 0 Å². The summed E-state index contributed by atoms with van der Waals surface area (Å²) in [7, 11) is 0. The Kier molecular flexibility index (Phi) is 4.62. The first-order valence-corrected chi connectivity index (χ1v) is 11.3. The van der Waals surface area contributed by atoms with Crippen LogP contribution in [0.3, 0.4) is 0 Å². The number of fused-ring (bicyclic) bond motifs is 3. The van der Waals surface area contributed by atoms with Crippen molar-refractivity contribution in [2.45, 2.75) is 17.8 Å². The first-order chi connectivity index (χ1) is 16.2. The third-order valence-corrected chi connectivity index (χ3v) is 7.14. The highest BCUT2D eigenvalue weighted by Gasteiger charge is 2.50. The molecule has 0 unspecified atom stereocenters. The van der Waals surface area contributed by atoms with Gasteiger partial charge in [0, 0.05) is 5.92 Å². The molecule has 0 bridgehead atoms. The van der Waals surface area contributed by atoms with E-state index >= 15 is 0 Å². The molecule has 160 valence electrons. The second-order valence-electron chi connectivity index (χ2n) is 8.75. The zero-order chi connectivity index (χ0) is 22.4. The van der Waals surface area contributed by atoms with Gasteiger partial charge < -0.3 is 0 Å². The zero-order valence-corrected chi connectivity index (χ0v) is 18.0. The van der Waals surface area contributed by atoms with Crippen LogP contribution in [0.5, 0.6) is 0 Å². The summed E-state index contributed by atoms with van der Waals surface area (Å²) in [5.41, 5.74) is 7.52. The number of rotatable bonds is 4. The predicted molar refractivity (Wildman–Crippen MR) is 129 cm³/mol. The number of benzene rings is 4. The van der Waals surface area contributed by atoms with E-state index in [1.165, 1.54) is 52.1 Å². The van der Waals surface area contributed by atoms with Crippen molar-refractivity contribution in [3.8, 4) is 11.1 Å². The van der Waals surface area contributed by atoms with Gasteiger partial charge in [-0.25, -0.2) is 8.78 Å². The summed E-state index contributed by atoms with van der Waals surface area (Å²) in [4.78, 5) is 0. The highest BCUT2D eigenvalue weighted by Crippen LogP contribution is 2.60. The maximum absolute atomic E-state index is 14.1. The molecule has 2 aliphatic carbocycles. The highest BCUT2D eigenvalue weighted by atomic mass is 19.1. The molecule has 2 aliphatic rings. The summed E-state index contributed by atoms with van der Waals surface area (Å²) >= 11 is 0. The van der Waals surface area contributed by atoms with Crippen LogP contribution in [-0.2, 0) is 5.41 Å². The topological polar surface area (TPSA) is 0 Å². The molecule has 0 radical (unpaired) electrons. The average Bonchev–Trinajstić information content (AvgIpc) is 3.50. The lowest BCUT2D eigenvalue weighted by molar-refractivity contribution is 0.522. The molecule has 0 amide bonds. The molecule has 0 atom stereocenters. The van der Waals surface area contributed by atoms with E-state index in [0.29, 0.717) is 0 Å². The van der Waals surface area contributed by atoms with Crippen molar-refractivity contribution < 1.29 is 8.78 Å². The van der Waals surface area contributed by atoms with Gasteiger partial charge in [0.15, 0.2) is 0 Å². The van der Waals surface area contributed by atoms with Crippen LogP contribution in [0.2, 0.25) is 0 Å². The molecule has 0 fully saturated rings. The Bertz CT molecular complexity index is 1300. The minimum atomic E-state index is -0.617. The summed E-state index contributed by atoms with van der Waals surface area (Å²) < 4.78 is 28.2. The number of hydrogen-bond acceptors (Lipinski definition) is 0. The van der Waals surface area contributed by atoms with E-state index in [2.05, 4.69) is 66.8 Å². The molecule has 6 rings (SSSR count). The fraction of sp³-hybridized carbons (Fsp3) is 0.0968. The first-order valence-electron chi connectivity index (χ1n) is 11.3. The van der Waals surface area contributed by atoms with Crippen molar-refractivity contribution in [3.05, 3.63) is 155 Å². The van der Waals surface area contributed by atoms with E-state index in [1.807, 2.05) is 24.3 Å². The number of hydrogen-bond donors (Lipinski definition) is 0. The van der Waals surface area contributed by atoms with Crippen LogP contribution >= 0.6 is 0 Å². The molecule has 0 N–H and O–H groups in total. The molecular formula is C31H22F2. The minimum absolute atomic E-state index is 0.0352. The van der Waals surface area contributed by atoms with Crippen LogP contribution in [0.25, 0.3) is 11.1 Å². The summed E-state index contributed by atoms with van der Waals surface area (Å²) in [5.74, 6) is -0.568. The zero-order valence-electron chi connectivity index (χ0n) is 18.0. The van der Waals surface area contributed by atoms with E-state index < -0.39 is 5.41 Å². The van der Waals surface area contributed by atoms with Gasteiger partial charge in [-0.3, -0.25) is 0 Å². The molecule has 33 heavy (non-hydrogen) atoms. The second-order valence-corrected chi connectivity index (χ2v) is 8.75. The van der Waals surface area contributed by atoms with Crippen LogP contribution in [0.15, 0.2) is 121 Å². The van der Waals surface area contributed by atoms with E-state index in [1.54, 1.807) is 0 Å². The predicted octanol–water partition coefficient (Wildman–Crippen LogP) is 7.95. The molecule has 0 nitrogen and oxygen atoms in total. The quantitative estimate of drug-likeness (QED) is 0.307. The summed E-state index contributed by atoms with van der Waals surface area (Å²) in [6, 6.07) is 30.8. The van der Waals surface area contributed by atoms with Crippen LogP contribution in [0.1, 0.15) is 34.6 Å². The van der Waals surface area contributed by atoms with Gasteiger partial charge in [0.25, 0.3) is 0 Å². The van der Waals surface area contributed by atoms with E-state index in [-0.39, 0.29) is 17.6 Å². The smallest absolute Gasteiger partial charge is 0.123 e. The largest absolute Gasteiger partial charge is 0.207 e. The lowest BCUT2D eigenvalue weighted by Crippen LogP contribution is -2.37. The molecular weight excluding hydrogens is 410 g/mol. The highest BCUT2D eigenvalue weighted by molar-refractivity contribution is 5.81. The fourth-order valence-electron chi connectivity index (χ4n) is 5.84. The summed E-state index contributed by atoms with van der Waals surface area (Å²) in [5, 5.41) is 0. The average molecular weight is 433 g/mol. The molecule has 0 aliphatic heterocycles. The molecule has 0 saturated carbocycles. The maximum atomic E-state index is 14.1. The van der Waals surface area contributed by atoms with Gasteiger partial charge in [0.1, 0.15) is 11.6 Å². The van der Waals surface area contributed by atoms with Crippen molar-refractivity contribution in [2.75, 3.05) is 0 Å². The molecule has 0 aromatic heterocycles. The van der Waals surface area contributed by atoms with Gasteiger partial charge >= 0.3 is 0 Å². The molecule has 4 aromatic carbocycles. The van der Waals surface area contributed by atoms with Gasteiger partial charge in [-0.1, -0.05) is 96.6 Å². The van der Waals surface area contributed by atoms with Gasteiger partial charge in [-0.05, 0) is 64.1 Å². The monoisotopic (exact) mass is 432 g/mol. The Hall–Kier alpha value is -3.78. The van der Waals surface area contributed by atoms with E-state index in [4.69, 9.17) is 0 Å². The summed E-state index contributed by atoms with van der Waals surface area (Å²) in [6.45, 7) is 0. The second kappa shape index (κ2) is 7.67. The van der Waals surface area contributed by atoms with Crippen LogP contribution in [0, 0.1) is 11.6 Å². The Balaban J connectivity index is 1.75. The molecule has 0 spiro atoms. The molecule has 4 aromatic rings. The van der Waals surface area contributed by atoms with Crippen molar-refractivity contribution in [1.29, 1.82) is 0 Å². The number of allylic oxidation sites excluding steroid dienone is 4. The van der Waals surface area contributed by atoms with E-state index in [0.717, 1.165) is 17.5 Å². The van der Waals surface area contributed by atoms with Gasteiger partial charge in [0.05, 0.1) is 5.41 Å². The van der Waals surface area contributed by atoms with Crippen molar-refractivity contribution in [1.82, 2.24) is 0 Å². The lowest BCUT2D eigenvalue weighted by atomic mass is 9.58. The fourth-order valence-corrected chi connectivity index (χ4v) is 5.84. The van der Waals surface area contributed by atoms with Crippen molar-refractivity contribution in [2.24, 2.45) is 0 Å². The maximum Gasteiger partial charge on any atom is 0.123 e. The minimum Gasteiger partial charge on any atom is -0.207 e. The van der Waals surface area contributed by atoms with Crippen LogP contribution in [-0.4, -0.2) is 0 Å². The molecule has 2 heteroatoms. The molecule has 0 heterocycles. The first kappa shape index (κ1) is 19.9. The Labute approximate surface area is 192 Å². The Morgan fingerprint density at radius 1 is 0.606 bits per heavy atom. The third kappa shape index (κ3) is 2.94. The molecule has 0 saturated heterocycles. The van der Waals surface area contributed by atoms with Crippen molar-refractivity contribution in [3.63, 3.8) is 0 Å². The SMILES string of the molecule is Fc1ccc(C(C2=CC=CC2)(c2ccc(F)cc2)C2c3ccccc3-c3ccccc32)cc1. The van der Waals surface area contributed by atoms with Crippen LogP contribution in [0.4, 0.5) is 8.78 Å². The van der Waals surface area contributed by atoms with E-state index in [9.17, 15) is 8.78 Å². The van der Waals surface area contributed by atoms with Gasteiger partial charge in [0.2, 0.25) is 0 Å². The third-order valence-electron chi connectivity index (χ3n) is 7.14. The summed E-state index contributed by atoms with van der Waals surface area (Å²) in [6.07, 6.45) is 7.21. The number of halogens is 2. The Morgan fingerprint density at radius 2 is 1.09 bits per heavy atom. The van der Waals surface area contributed by atoms with Crippen molar-refractivity contribution >= 4 is 0 Å². The Morgan fingerprint density at radius 3 is 1.55 bits per heavy atom.